The maximum absolute atomic E-state index is 13.6. The summed E-state index contributed by atoms with van der Waals surface area (Å²) < 4.78 is 10.9. The van der Waals surface area contributed by atoms with Crippen molar-refractivity contribution in [2.24, 2.45) is 5.92 Å². The molecule has 1 saturated carbocycles. The SMILES string of the molecule is CCOC(=O)c1ccc(CC(=O)NC(CC2CCCCC2)c2c(C)cccc2N2CCCCC2)cc1OCC. The first-order valence-electron chi connectivity index (χ1n) is 15.1. The number of ether oxygens (including phenoxy) is 2. The Balaban J connectivity index is 1.57. The lowest BCUT2D eigenvalue weighted by atomic mass is 9.82. The second kappa shape index (κ2) is 14.4. The van der Waals surface area contributed by atoms with Crippen LogP contribution in [0.2, 0.25) is 0 Å². The summed E-state index contributed by atoms with van der Waals surface area (Å²) in [5.41, 5.74) is 5.03. The van der Waals surface area contributed by atoms with Crippen LogP contribution in [0.1, 0.15) is 105 Å². The summed E-state index contributed by atoms with van der Waals surface area (Å²) >= 11 is 0. The number of hydrogen-bond donors (Lipinski definition) is 1. The average Bonchev–Trinajstić information content (AvgIpc) is 2.94. The zero-order valence-corrected chi connectivity index (χ0v) is 24.1. The number of anilines is 1. The standard InChI is InChI=1S/C33H46N2O4/c1-4-38-30-22-26(17-18-27(30)33(37)39-5-2)23-31(36)34-28(21-25-14-8-6-9-15-25)32-24(3)13-12-16-29(32)35-19-10-7-11-20-35/h12-13,16-18,22,25,28H,4-11,14-15,19-21,23H2,1-3H3,(H,34,36). The summed E-state index contributed by atoms with van der Waals surface area (Å²) in [6, 6.07) is 11.9. The van der Waals surface area contributed by atoms with Crippen molar-refractivity contribution in [3.8, 4) is 5.75 Å². The molecular weight excluding hydrogens is 488 g/mol. The lowest BCUT2D eigenvalue weighted by Gasteiger charge is -2.35. The van der Waals surface area contributed by atoms with E-state index in [2.05, 4.69) is 35.3 Å². The Hall–Kier alpha value is -3.02. The molecule has 4 rings (SSSR count). The molecule has 39 heavy (non-hydrogen) atoms. The monoisotopic (exact) mass is 534 g/mol. The highest BCUT2D eigenvalue weighted by molar-refractivity contribution is 5.93. The van der Waals surface area contributed by atoms with E-state index >= 15 is 0 Å². The number of hydrogen-bond acceptors (Lipinski definition) is 5. The molecule has 6 heteroatoms. The number of amides is 1. The van der Waals surface area contributed by atoms with Gasteiger partial charge in [-0.3, -0.25) is 4.79 Å². The van der Waals surface area contributed by atoms with Gasteiger partial charge in [-0.15, -0.1) is 0 Å². The van der Waals surface area contributed by atoms with Gasteiger partial charge in [0.2, 0.25) is 5.91 Å². The molecule has 2 aliphatic rings. The molecule has 2 fully saturated rings. The number of carbonyl (C=O) groups excluding carboxylic acids is 2. The highest BCUT2D eigenvalue weighted by Gasteiger charge is 2.27. The molecule has 2 aromatic rings. The summed E-state index contributed by atoms with van der Waals surface area (Å²) in [6.07, 6.45) is 11.3. The van der Waals surface area contributed by atoms with E-state index in [0.29, 0.717) is 30.4 Å². The van der Waals surface area contributed by atoms with Gasteiger partial charge in [0, 0.05) is 24.3 Å². The molecule has 2 aromatic carbocycles. The van der Waals surface area contributed by atoms with Crippen molar-refractivity contribution in [1.29, 1.82) is 0 Å². The fraction of sp³-hybridized carbons (Fsp3) is 0.576. The molecule has 1 aliphatic heterocycles. The van der Waals surface area contributed by atoms with Crippen molar-refractivity contribution in [3.63, 3.8) is 0 Å². The zero-order valence-electron chi connectivity index (χ0n) is 24.1. The van der Waals surface area contributed by atoms with E-state index in [0.717, 1.165) is 25.1 Å². The second-order valence-electron chi connectivity index (χ2n) is 11.1. The van der Waals surface area contributed by atoms with Crippen LogP contribution in [0, 0.1) is 12.8 Å². The van der Waals surface area contributed by atoms with Gasteiger partial charge in [-0.1, -0.05) is 50.3 Å². The second-order valence-corrected chi connectivity index (χ2v) is 11.1. The topological polar surface area (TPSA) is 67.9 Å². The van der Waals surface area contributed by atoms with Gasteiger partial charge in [0.1, 0.15) is 11.3 Å². The Kier molecular flexibility index (Phi) is 10.7. The minimum Gasteiger partial charge on any atom is -0.493 e. The predicted molar refractivity (Wildman–Crippen MR) is 157 cm³/mol. The lowest BCUT2D eigenvalue weighted by molar-refractivity contribution is -0.121. The summed E-state index contributed by atoms with van der Waals surface area (Å²) in [5.74, 6) is 0.682. The van der Waals surface area contributed by atoms with Crippen molar-refractivity contribution < 1.29 is 19.1 Å². The van der Waals surface area contributed by atoms with Crippen molar-refractivity contribution in [2.75, 3.05) is 31.2 Å². The highest BCUT2D eigenvalue weighted by atomic mass is 16.5. The first kappa shape index (κ1) is 29.0. The number of nitrogens with zero attached hydrogens (tertiary/aromatic N) is 1. The molecule has 212 valence electrons. The van der Waals surface area contributed by atoms with Gasteiger partial charge in [0.05, 0.1) is 25.7 Å². The van der Waals surface area contributed by atoms with Crippen LogP contribution in [-0.4, -0.2) is 38.2 Å². The zero-order chi connectivity index (χ0) is 27.6. The van der Waals surface area contributed by atoms with Crippen molar-refractivity contribution in [1.82, 2.24) is 5.32 Å². The molecule has 0 aromatic heterocycles. The smallest absolute Gasteiger partial charge is 0.341 e. The van der Waals surface area contributed by atoms with Crippen LogP contribution < -0.4 is 15.0 Å². The number of aryl methyl sites for hydroxylation is 1. The molecule has 0 bridgehead atoms. The third-order valence-corrected chi connectivity index (χ3v) is 8.18. The Bertz CT molecular complexity index is 1100. The Morgan fingerprint density at radius 1 is 0.974 bits per heavy atom. The van der Waals surface area contributed by atoms with E-state index in [9.17, 15) is 9.59 Å². The molecule has 1 N–H and O–H groups in total. The van der Waals surface area contributed by atoms with E-state index in [1.54, 1.807) is 19.1 Å². The third kappa shape index (κ3) is 7.77. The molecule has 0 spiro atoms. The van der Waals surface area contributed by atoms with Crippen LogP contribution in [-0.2, 0) is 16.0 Å². The largest absolute Gasteiger partial charge is 0.493 e. The van der Waals surface area contributed by atoms with E-state index in [-0.39, 0.29) is 18.4 Å². The molecule has 1 amide bonds. The van der Waals surface area contributed by atoms with Crippen LogP contribution in [0.3, 0.4) is 0 Å². The normalized spacial score (nSPS) is 16.9. The molecule has 1 saturated heterocycles. The maximum atomic E-state index is 13.6. The van der Waals surface area contributed by atoms with E-state index < -0.39 is 5.97 Å². The van der Waals surface area contributed by atoms with E-state index in [1.165, 1.54) is 68.2 Å². The Morgan fingerprint density at radius 2 is 1.72 bits per heavy atom. The van der Waals surface area contributed by atoms with Gasteiger partial charge >= 0.3 is 5.97 Å². The number of benzene rings is 2. The summed E-state index contributed by atoms with van der Waals surface area (Å²) in [4.78, 5) is 28.5. The number of piperidine rings is 1. The van der Waals surface area contributed by atoms with Crippen molar-refractivity contribution >= 4 is 17.6 Å². The average molecular weight is 535 g/mol. The molecule has 1 heterocycles. The number of nitrogens with one attached hydrogen (secondary N) is 1. The maximum Gasteiger partial charge on any atom is 0.341 e. The number of carbonyl (C=O) groups is 2. The van der Waals surface area contributed by atoms with Crippen LogP contribution >= 0.6 is 0 Å². The van der Waals surface area contributed by atoms with E-state index in [1.807, 2.05) is 13.0 Å². The molecular formula is C33H46N2O4. The van der Waals surface area contributed by atoms with Gasteiger partial charge in [0.15, 0.2) is 0 Å². The minimum absolute atomic E-state index is 0.00464. The van der Waals surface area contributed by atoms with Crippen molar-refractivity contribution in [2.45, 2.75) is 91.0 Å². The fourth-order valence-corrected chi connectivity index (χ4v) is 6.29. The molecule has 1 unspecified atom stereocenters. The van der Waals surface area contributed by atoms with Crippen molar-refractivity contribution in [3.05, 3.63) is 58.7 Å². The number of esters is 1. The molecule has 0 radical (unpaired) electrons. The fourth-order valence-electron chi connectivity index (χ4n) is 6.29. The third-order valence-electron chi connectivity index (χ3n) is 8.18. The van der Waals surface area contributed by atoms with Crippen LogP contribution in [0.4, 0.5) is 5.69 Å². The highest BCUT2D eigenvalue weighted by Crippen LogP contribution is 2.38. The van der Waals surface area contributed by atoms with Gasteiger partial charge < -0.3 is 19.7 Å². The summed E-state index contributed by atoms with van der Waals surface area (Å²) in [6.45, 7) is 8.73. The first-order chi connectivity index (χ1) is 19.0. The Morgan fingerprint density at radius 3 is 2.44 bits per heavy atom. The number of rotatable bonds is 11. The summed E-state index contributed by atoms with van der Waals surface area (Å²) in [7, 11) is 0. The van der Waals surface area contributed by atoms with Crippen LogP contribution in [0.15, 0.2) is 36.4 Å². The lowest BCUT2D eigenvalue weighted by Crippen LogP contribution is -2.35. The van der Waals surface area contributed by atoms with Crippen LogP contribution in [0.25, 0.3) is 0 Å². The molecule has 1 atom stereocenters. The van der Waals surface area contributed by atoms with Gasteiger partial charge in [0.25, 0.3) is 0 Å². The summed E-state index contributed by atoms with van der Waals surface area (Å²) in [5, 5.41) is 3.46. The molecule has 1 aliphatic carbocycles. The van der Waals surface area contributed by atoms with Gasteiger partial charge in [-0.25, -0.2) is 4.79 Å². The predicted octanol–water partition coefficient (Wildman–Crippen LogP) is 6.93. The minimum atomic E-state index is -0.408. The Labute approximate surface area is 234 Å². The first-order valence-corrected chi connectivity index (χ1v) is 15.1. The van der Waals surface area contributed by atoms with Gasteiger partial charge in [-0.2, -0.15) is 0 Å². The molecule has 6 nitrogen and oxygen atoms in total. The quantitative estimate of drug-likeness (QED) is 0.317. The van der Waals surface area contributed by atoms with Crippen LogP contribution in [0.5, 0.6) is 5.75 Å². The van der Waals surface area contributed by atoms with E-state index in [4.69, 9.17) is 9.47 Å². The van der Waals surface area contributed by atoms with Gasteiger partial charge in [-0.05, 0) is 81.7 Å².